The molecule has 1 aliphatic rings. The first-order chi connectivity index (χ1) is 13.4. The van der Waals surface area contributed by atoms with Gasteiger partial charge in [0.25, 0.3) is 0 Å². The SMILES string of the molecule is NS(=O)(=O)c1ccc(N2CCOCC2)c(CNc2ncnc3[nH]cc(Cl)c23)c1. The minimum Gasteiger partial charge on any atom is -0.378 e. The number of H-pyrrole nitrogens is 1. The zero-order chi connectivity index (χ0) is 19.7. The molecule has 9 nitrogen and oxygen atoms in total. The lowest BCUT2D eigenvalue weighted by Gasteiger charge is -2.31. The van der Waals surface area contributed by atoms with E-state index in [9.17, 15) is 8.42 Å². The van der Waals surface area contributed by atoms with E-state index in [4.69, 9.17) is 21.5 Å². The number of aromatic amines is 1. The molecule has 3 heterocycles. The second-order valence-corrected chi connectivity index (χ2v) is 8.34. The lowest BCUT2D eigenvalue weighted by Crippen LogP contribution is -2.37. The zero-order valence-corrected chi connectivity index (χ0v) is 16.4. The maximum Gasteiger partial charge on any atom is 0.238 e. The van der Waals surface area contributed by atoms with Crippen LogP contribution in [0.15, 0.2) is 35.6 Å². The molecule has 0 radical (unpaired) electrons. The fraction of sp³-hybridized carbons (Fsp3) is 0.294. The number of morpholine rings is 1. The van der Waals surface area contributed by atoms with Crippen LogP contribution in [-0.2, 0) is 21.3 Å². The Hall–Kier alpha value is -2.40. The van der Waals surface area contributed by atoms with E-state index >= 15 is 0 Å². The number of hydrogen-bond donors (Lipinski definition) is 3. The third-order valence-electron chi connectivity index (χ3n) is 4.60. The summed E-state index contributed by atoms with van der Waals surface area (Å²) in [5.74, 6) is 0.560. The Morgan fingerprint density at radius 3 is 2.82 bits per heavy atom. The molecule has 0 aliphatic carbocycles. The van der Waals surface area contributed by atoms with Gasteiger partial charge in [0.15, 0.2) is 0 Å². The number of ether oxygens (including phenoxy) is 1. The van der Waals surface area contributed by atoms with E-state index in [0.29, 0.717) is 41.6 Å². The highest BCUT2D eigenvalue weighted by atomic mass is 35.5. The number of hydrogen-bond acceptors (Lipinski definition) is 7. The molecule has 28 heavy (non-hydrogen) atoms. The summed E-state index contributed by atoms with van der Waals surface area (Å²) in [5, 5.41) is 9.74. The van der Waals surface area contributed by atoms with E-state index in [1.54, 1.807) is 18.3 Å². The molecule has 0 bridgehead atoms. The summed E-state index contributed by atoms with van der Waals surface area (Å²) in [6.07, 6.45) is 3.08. The van der Waals surface area contributed by atoms with Gasteiger partial charge < -0.3 is 19.9 Å². The van der Waals surface area contributed by atoms with Gasteiger partial charge >= 0.3 is 0 Å². The number of benzene rings is 1. The first-order valence-corrected chi connectivity index (χ1v) is 10.6. The number of nitrogens with one attached hydrogen (secondary N) is 2. The molecule has 4 N–H and O–H groups in total. The zero-order valence-electron chi connectivity index (χ0n) is 14.9. The summed E-state index contributed by atoms with van der Waals surface area (Å²) < 4.78 is 29.0. The number of rotatable bonds is 5. The highest BCUT2D eigenvalue weighted by molar-refractivity contribution is 7.89. The van der Waals surface area contributed by atoms with Crippen LogP contribution < -0.4 is 15.4 Å². The van der Waals surface area contributed by atoms with Gasteiger partial charge in [-0.1, -0.05) is 11.6 Å². The maximum absolute atomic E-state index is 11.8. The van der Waals surface area contributed by atoms with Crippen molar-refractivity contribution >= 4 is 44.2 Å². The Morgan fingerprint density at radius 1 is 1.29 bits per heavy atom. The van der Waals surface area contributed by atoms with Crippen LogP contribution in [0.25, 0.3) is 11.0 Å². The molecule has 0 unspecified atom stereocenters. The first-order valence-electron chi connectivity index (χ1n) is 8.63. The minimum atomic E-state index is -3.81. The van der Waals surface area contributed by atoms with Crippen molar-refractivity contribution in [3.63, 3.8) is 0 Å². The molecular formula is C17H19ClN6O3S. The monoisotopic (exact) mass is 422 g/mol. The molecule has 0 spiro atoms. The Kier molecular flexibility index (Phi) is 5.11. The van der Waals surface area contributed by atoms with Crippen molar-refractivity contribution in [2.45, 2.75) is 11.4 Å². The number of anilines is 2. The van der Waals surface area contributed by atoms with Crippen LogP contribution in [0.1, 0.15) is 5.56 Å². The fourth-order valence-electron chi connectivity index (χ4n) is 3.23. The molecule has 1 aliphatic heterocycles. The highest BCUT2D eigenvalue weighted by Gasteiger charge is 2.18. The normalized spacial score (nSPS) is 15.1. The van der Waals surface area contributed by atoms with E-state index in [2.05, 4.69) is 25.2 Å². The number of sulfonamides is 1. The van der Waals surface area contributed by atoms with Crippen LogP contribution in [0.4, 0.5) is 11.5 Å². The molecule has 4 rings (SSSR count). The van der Waals surface area contributed by atoms with Gasteiger partial charge in [0, 0.05) is 31.5 Å². The van der Waals surface area contributed by atoms with E-state index in [1.807, 2.05) is 0 Å². The van der Waals surface area contributed by atoms with Crippen LogP contribution in [0.5, 0.6) is 0 Å². The number of primary sulfonamides is 1. The van der Waals surface area contributed by atoms with Crippen LogP contribution in [-0.4, -0.2) is 49.7 Å². The van der Waals surface area contributed by atoms with Gasteiger partial charge in [-0.2, -0.15) is 0 Å². The second kappa shape index (κ2) is 7.55. The number of nitrogens with zero attached hydrogens (tertiary/aromatic N) is 3. The highest BCUT2D eigenvalue weighted by Crippen LogP contribution is 2.29. The van der Waals surface area contributed by atoms with Crippen molar-refractivity contribution in [2.75, 3.05) is 36.5 Å². The van der Waals surface area contributed by atoms with E-state index in [-0.39, 0.29) is 4.90 Å². The molecule has 0 atom stereocenters. The predicted octanol–water partition coefficient (Wildman–Crippen LogP) is 1.71. The second-order valence-electron chi connectivity index (χ2n) is 6.37. The fourth-order valence-corrected chi connectivity index (χ4v) is 4.03. The van der Waals surface area contributed by atoms with Crippen molar-refractivity contribution in [2.24, 2.45) is 5.14 Å². The van der Waals surface area contributed by atoms with Crippen LogP contribution in [0.3, 0.4) is 0 Å². The summed E-state index contributed by atoms with van der Waals surface area (Å²) in [6, 6.07) is 4.89. The number of fused-ring (bicyclic) bond motifs is 1. The van der Waals surface area contributed by atoms with Crippen molar-refractivity contribution in [1.29, 1.82) is 0 Å². The quantitative estimate of drug-likeness (QED) is 0.571. The lowest BCUT2D eigenvalue weighted by atomic mass is 10.1. The minimum absolute atomic E-state index is 0.0637. The van der Waals surface area contributed by atoms with Gasteiger partial charge in [-0.15, -0.1) is 0 Å². The van der Waals surface area contributed by atoms with Gasteiger partial charge in [0.2, 0.25) is 10.0 Å². The molecule has 1 aromatic carbocycles. The predicted molar refractivity (Wildman–Crippen MR) is 107 cm³/mol. The summed E-state index contributed by atoms with van der Waals surface area (Å²) in [7, 11) is -3.81. The van der Waals surface area contributed by atoms with E-state index in [1.165, 1.54) is 12.4 Å². The Bertz CT molecular complexity index is 1110. The molecule has 148 valence electrons. The smallest absolute Gasteiger partial charge is 0.238 e. The Labute approximate surface area is 166 Å². The first kappa shape index (κ1) is 18.9. The molecule has 0 amide bonds. The summed E-state index contributed by atoms with van der Waals surface area (Å²) >= 11 is 6.23. The molecule has 1 saturated heterocycles. The van der Waals surface area contributed by atoms with Gasteiger partial charge in [0.1, 0.15) is 17.8 Å². The molecular weight excluding hydrogens is 404 g/mol. The van der Waals surface area contributed by atoms with Crippen molar-refractivity contribution in [1.82, 2.24) is 15.0 Å². The van der Waals surface area contributed by atoms with E-state index < -0.39 is 10.0 Å². The van der Waals surface area contributed by atoms with Crippen LogP contribution in [0, 0.1) is 0 Å². The standard InChI is InChI=1S/C17H19ClN6O3S/c18-13-9-21-17-15(13)16(22-10-23-17)20-8-11-7-12(28(19,25)26)1-2-14(11)24-3-5-27-6-4-24/h1-2,7,9-10H,3-6,8H2,(H2,19,25,26)(H2,20,21,22,23). The van der Waals surface area contributed by atoms with Gasteiger partial charge in [-0.25, -0.2) is 23.5 Å². The summed E-state index contributed by atoms with van der Waals surface area (Å²) in [6.45, 7) is 3.03. The summed E-state index contributed by atoms with van der Waals surface area (Å²) in [5.41, 5.74) is 2.33. The number of halogens is 1. The van der Waals surface area contributed by atoms with Gasteiger partial charge in [-0.05, 0) is 23.8 Å². The molecule has 0 saturated carbocycles. The maximum atomic E-state index is 11.8. The largest absolute Gasteiger partial charge is 0.378 e. The third kappa shape index (κ3) is 3.76. The molecule has 1 fully saturated rings. The molecule has 2 aromatic heterocycles. The van der Waals surface area contributed by atoms with Crippen molar-refractivity contribution in [3.8, 4) is 0 Å². The number of aromatic nitrogens is 3. The average Bonchev–Trinajstić information content (AvgIpc) is 3.08. The molecule has 3 aromatic rings. The number of nitrogens with two attached hydrogens (primary N) is 1. The van der Waals surface area contributed by atoms with Gasteiger partial charge in [-0.3, -0.25) is 0 Å². The average molecular weight is 423 g/mol. The summed E-state index contributed by atoms with van der Waals surface area (Å²) in [4.78, 5) is 13.6. The van der Waals surface area contributed by atoms with Crippen molar-refractivity contribution < 1.29 is 13.2 Å². The van der Waals surface area contributed by atoms with Crippen molar-refractivity contribution in [3.05, 3.63) is 41.3 Å². The lowest BCUT2D eigenvalue weighted by molar-refractivity contribution is 0.122. The Balaban J connectivity index is 1.69. The van der Waals surface area contributed by atoms with Crippen LogP contribution >= 0.6 is 11.6 Å². The topological polar surface area (TPSA) is 126 Å². The Morgan fingerprint density at radius 2 is 2.07 bits per heavy atom. The van der Waals surface area contributed by atoms with E-state index in [0.717, 1.165) is 24.3 Å². The molecule has 11 heteroatoms. The van der Waals surface area contributed by atoms with Crippen LogP contribution in [0.2, 0.25) is 5.02 Å². The third-order valence-corrected chi connectivity index (χ3v) is 5.81. The van der Waals surface area contributed by atoms with Gasteiger partial charge in [0.05, 0.1) is 28.5 Å².